The molecule has 1 spiro atoms. The first-order chi connectivity index (χ1) is 9.24. The van der Waals surface area contributed by atoms with Gasteiger partial charge in [0.1, 0.15) is 0 Å². The molecule has 1 heterocycles. The molecule has 4 heteroatoms. The van der Waals surface area contributed by atoms with Crippen LogP contribution >= 0.6 is 0 Å². The molecule has 19 heavy (non-hydrogen) atoms. The normalized spacial score (nSPS) is 28.7. The number of nitrogens with one attached hydrogen (secondary N) is 1. The topological polar surface area (TPSA) is 39.1 Å². The first-order valence-corrected chi connectivity index (χ1v) is 7.58. The third-order valence-corrected chi connectivity index (χ3v) is 4.99. The van der Waals surface area contributed by atoms with Gasteiger partial charge < -0.3 is 10.1 Å². The van der Waals surface area contributed by atoms with Crippen molar-refractivity contribution in [3.63, 3.8) is 0 Å². The second-order valence-electron chi connectivity index (χ2n) is 6.03. The van der Waals surface area contributed by atoms with E-state index < -0.39 is 0 Å². The summed E-state index contributed by atoms with van der Waals surface area (Å²) in [5.74, 6) is 0. The van der Waals surface area contributed by atoms with Crippen LogP contribution in [0.5, 0.6) is 0 Å². The number of aryl methyl sites for hydroxylation is 1. The molecule has 2 saturated carbocycles. The average Bonchev–Trinajstić information content (AvgIpc) is 3.03. The van der Waals surface area contributed by atoms with Crippen LogP contribution in [0.2, 0.25) is 0 Å². The Morgan fingerprint density at radius 3 is 2.89 bits per heavy atom. The van der Waals surface area contributed by atoms with E-state index in [1.807, 2.05) is 17.9 Å². The number of hydrogen-bond donors (Lipinski definition) is 1. The number of rotatable bonds is 5. The first-order valence-electron chi connectivity index (χ1n) is 7.58. The van der Waals surface area contributed by atoms with E-state index in [2.05, 4.69) is 23.4 Å². The summed E-state index contributed by atoms with van der Waals surface area (Å²) >= 11 is 0. The Balaban J connectivity index is 1.59. The Bertz CT molecular complexity index is 423. The molecule has 0 aromatic carbocycles. The maximum Gasteiger partial charge on any atom is 0.0762 e. The fourth-order valence-corrected chi connectivity index (χ4v) is 3.96. The summed E-state index contributed by atoms with van der Waals surface area (Å²) in [5, 5.41) is 8.15. The molecule has 106 valence electrons. The molecule has 3 rings (SSSR count). The third kappa shape index (κ3) is 2.32. The fraction of sp³-hybridized carbons (Fsp3) is 0.800. The summed E-state index contributed by atoms with van der Waals surface area (Å²) in [5.41, 5.74) is 1.56. The quantitative estimate of drug-likeness (QED) is 0.885. The van der Waals surface area contributed by atoms with Gasteiger partial charge in [-0.15, -0.1) is 0 Å². The third-order valence-electron chi connectivity index (χ3n) is 4.99. The maximum atomic E-state index is 5.94. The number of nitrogens with zero attached hydrogens (tertiary/aromatic N) is 2. The van der Waals surface area contributed by atoms with Crippen LogP contribution in [0.15, 0.2) is 12.3 Å². The Morgan fingerprint density at radius 1 is 1.47 bits per heavy atom. The van der Waals surface area contributed by atoms with Crippen molar-refractivity contribution in [2.24, 2.45) is 12.5 Å². The second kappa shape index (κ2) is 5.25. The molecular weight excluding hydrogens is 238 g/mol. The summed E-state index contributed by atoms with van der Waals surface area (Å²) in [6, 6.07) is 2.71. The van der Waals surface area contributed by atoms with Gasteiger partial charge in [0.05, 0.1) is 11.8 Å². The number of ether oxygens (including phenoxy) is 1. The zero-order valence-corrected chi connectivity index (χ0v) is 12.1. The van der Waals surface area contributed by atoms with E-state index in [1.54, 1.807) is 0 Å². The van der Waals surface area contributed by atoms with E-state index in [9.17, 15) is 0 Å². The molecule has 2 fully saturated rings. The molecule has 2 atom stereocenters. The molecule has 2 aliphatic carbocycles. The summed E-state index contributed by atoms with van der Waals surface area (Å²) in [6.07, 6.45) is 9.06. The van der Waals surface area contributed by atoms with E-state index in [0.717, 1.165) is 18.8 Å². The van der Waals surface area contributed by atoms with Crippen molar-refractivity contribution in [2.75, 3.05) is 6.61 Å². The van der Waals surface area contributed by atoms with Gasteiger partial charge in [-0.3, -0.25) is 4.68 Å². The van der Waals surface area contributed by atoms with Crippen molar-refractivity contribution in [3.8, 4) is 0 Å². The molecular formula is C15H25N3O. The Labute approximate surface area is 115 Å². The van der Waals surface area contributed by atoms with Crippen LogP contribution in [0.3, 0.4) is 0 Å². The van der Waals surface area contributed by atoms with Gasteiger partial charge in [-0.1, -0.05) is 12.8 Å². The highest BCUT2D eigenvalue weighted by Crippen LogP contribution is 2.54. The standard InChI is InChI=1S/C15H25N3O/c1-3-19-14-10-13(15(14)7-4-5-8-15)16-11-12-6-9-18(2)17-12/h6,9,13-14,16H,3-5,7-8,10-11H2,1-2H3. The van der Waals surface area contributed by atoms with Gasteiger partial charge in [0.15, 0.2) is 0 Å². The lowest BCUT2D eigenvalue weighted by Gasteiger charge is -2.54. The summed E-state index contributed by atoms with van der Waals surface area (Å²) < 4.78 is 7.81. The van der Waals surface area contributed by atoms with Crippen LogP contribution in [0.4, 0.5) is 0 Å². The molecule has 1 aromatic rings. The number of hydrogen-bond acceptors (Lipinski definition) is 3. The van der Waals surface area contributed by atoms with E-state index in [1.165, 1.54) is 32.1 Å². The molecule has 2 aliphatic rings. The van der Waals surface area contributed by atoms with Crippen molar-refractivity contribution < 1.29 is 4.74 Å². The molecule has 0 bridgehead atoms. The van der Waals surface area contributed by atoms with Gasteiger partial charge in [-0.25, -0.2) is 0 Å². The second-order valence-corrected chi connectivity index (χ2v) is 6.03. The Hall–Kier alpha value is -0.870. The van der Waals surface area contributed by atoms with Crippen molar-refractivity contribution in [1.29, 1.82) is 0 Å². The van der Waals surface area contributed by atoms with E-state index >= 15 is 0 Å². The highest BCUT2D eigenvalue weighted by Gasteiger charge is 2.56. The van der Waals surface area contributed by atoms with Crippen molar-refractivity contribution in [1.82, 2.24) is 15.1 Å². The van der Waals surface area contributed by atoms with Crippen LogP contribution in [0.1, 0.15) is 44.7 Å². The Morgan fingerprint density at radius 2 is 2.26 bits per heavy atom. The SMILES string of the molecule is CCOC1CC(NCc2ccn(C)n2)C12CCCC2. The van der Waals surface area contributed by atoms with Gasteiger partial charge >= 0.3 is 0 Å². The molecule has 4 nitrogen and oxygen atoms in total. The first kappa shape index (κ1) is 13.1. The van der Waals surface area contributed by atoms with Crippen LogP contribution in [0.25, 0.3) is 0 Å². The summed E-state index contributed by atoms with van der Waals surface area (Å²) in [4.78, 5) is 0. The molecule has 0 amide bonds. The Kier molecular flexibility index (Phi) is 3.63. The number of aromatic nitrogens is 2. The smallest absolute Gasteiger partial charge is 0.0762 e. The van der Waals surface area contributed by atoms with Crippen LogP contribution < -0.4 is 5.32 Å². The molecule has 0 saturated heterocycles. The van der Waals surface area contributed by atoms with Gasteiger partial charge in [-0.05, 0) is 32.3 Å². The van der Waals surface area contributed by atoms with Crippen molar-refractivity contribution in [2.45, 2.75) is 57.7 Å². The molecule has 0 aliphatic heterocycles. The van der Waals surface area contributed by atoms with Crippen molar-refractivity contribution >= 4 is 0 Å². The van der Waals surface area contributed by atoms with E-state index in [4.69, 9.17) is 4.74 Å². The fourth-order valence-electron chi connectivity index (χ4n) is 3.96. The summed E-state index contributed by atoms with van der Waals surface area (Å²) in [7, 11) is 1.97. The highest BCUT2D eigenvalue weighted by atomic mass is 16.5. The molecule has 1 aromatic heterocycles. The van der Waals surface area contributed by atoms with Crippen molar-refractivity contribution in [3.05, 3.63) is 18.0 Å². The van der Waals surface area contributed by atoms with Gasteiger partial charge in [-0.2, -0.15) is 5.10 Å². The highest BCUT2D eigenvalue weighted by molar-refractivity contribution is 5.11. The lowest BCUT2D eigenvalue weighted by molar-refractivity contribution is -0.130. The van der Waals surface area contributed by atoms with Gasteiger partial charge in [0.25, 0.3) is 0 Å². The molecule has 1 N–H and O–H groups in total. The lowest BCUT2D eigenvalue weighted by Crippen LogP contribution is -2.62. The zero-order valence-electron chi connectivity index (χ0n) is 12.1. The van der Waals surface area contributed by atoms with Crippen LogP contribution in [-0.4, -0.2) is 28.5 Å². The van der Waals surface area contributed by atoms with Crippen LogP contribution in [-0.2, 0) is 18.3 Å². The minimum atomic E-state index is 0.421. The molecule has 2 unspecified atom stereocenters. The largest absolute Gasteiger partial charge is 0.378 e. The average molecular weight is 263 g/mol. The summed E-state index contributed by atoms with van der Waals surface area (Å²) in [6.45, 7) is 3.84. The predicted molar refractivity (Wildman–Crippen MR) is 74.8 cm³/mol. The minimum Gasteiger partial charge on any atom is -0.378 e. The zero-order chi connectivity index (χ0) is 13.3. The monoisotopic (exact) mass is 263 g/mol. The van der Waals surface area contributed by atoms with Crippen LogP contribution in [0, 0.1) is 5.41 Å². The van der Waals surface area contributed by atoms with E-state index in [0.29, 0.717) is 17.6 Å². The predicted octanol–water partition coefficient (Wildman–Crippen LogP) is 2.25. The minimum absolute atomic E-state index is 0.421. The lowest BCUT2D eigenvalue weighted by atomic mass is 9.60. The van der Waals surface area contributed by atoms with Gasteiger partial charge in [0, 0.05) is 37.9 Å². The van der Waals surface area contributed by atoms with E-state index in [-0.39, 0.29) is 0 Å². The van der Waals surface area contributed by atoms with Gasteiger partial charge in [0.2, 0.25) is 0 Å². The maximum absolute atomic E-state index is 5.94. The molecule has 0 radical (unpaired) electrons.